The van der Waals surface area contributed by atoms with Gasteiger partial charge in [-0.2, -0.15) is 10.5 Å². The van der Waals surface area contributed by atoms with E-state index in [-0.39, 0.29) is 0 Å². The lowest BCUT2D eigenvalue weighted by Crippen LogP contribution is -2.01. The van der Waals surface area contributed by atoms with Crippen LogP contribution in [0.1, 0.15) is 11.1 Å². The summed E-state index contributed by atoms with van der Waals surface area (Å²) in [5, 5.41) is 27.3. The molecule has 0 fully saturated rings. The standard InChI is InChI=1S/C50H29N5/c51-30-32-23-25-42-40-15-1-5-18-44(40)53(49(42)27-32)36-24-26-37(34(29-36)31-52)33-11-9-12-35(28-33)54-45-19-6-4-16-41(45)43-17-10-22-48(50(43)54)55-46-20-7-2-13-38(46)39-14-3-8-21-47(39)55/h1-29H. The Labute approximate surface area is 316 Å². The normalized spacial score (nSPS) is 11.6. The molecule has 0 radical (unpaired) electrons. The summed E-state index contributed by atoms with van der Waals surface area (Å²) >= 11 is 0. The third-order valence-corrected chi connectivity index (χ3v) is 11.1. The van der Waals surface area contributed by atoms with Crippen LogP contribution in [-0.2, 0) is 0 Å². The maximum Gasteiger partial charge on any atom is 0.0998 e. The SMILES string of the molecule is N#Cc1ccc2c3ccccc3n(-c3ccc(-c4cccc(-n5c6ccccc6c6cccc(-n7c8ccccc8c8ccccc87)c65)c4)c(C#N)c3)c2c1. The lowest BCUT2D eigenvalue weighted by Gasteiger charge is -2.16. The smallest absolute Gasteiger partial charge is 0.0998 e. The van der Waals surface area contributed by atoms with Crippen LogP contribution in [0.2, 0.25) is 0 Å². The van der Waals surface area contributed by atoms with Crippen LogP contribution in [0.15, 0.2) is 176 Å². The van der Waals surface area contributed by atoms with E-state index in [1.165, 1.54) is 21.5 Å². The summed E-state index contributed by atoms with van der Waals surface area (Å²) in [7, 11) is 0. The minimum atomic E-state index is 0.574. The van der Waals surface area contributed by atoms with Crippen LogP contribution in [0.4, 0.5) is 0 Å². The van der Waals surface area contributed by atoms with Crippen molar-refractivity contribution in [2.24, 2.45) is 0 Å². The van der Waals surface area contributed by atoms with E-state index < -0.39 is 0 Å². The molecule has 0 saturated heterocycles. The third kappa shape index (κ3) is 4.45. The molecule has 5 heteroatoms. The van der Waals surface area contributed by atoms with Crippen LogP contribution >= 0.6 is 0 Å². The summed E-state index contributed by atoms with van der Waals surface area (Å²) in [6.07, 6.45) is 0. The number of fused-ring (bicyclic) bond motifs is 9. The minimum absolute atomic E-state index is 0.574. The maximum absolute atomic E-state index is 10.7. The Morgan fingerprint density at radius 1 is 0.364 bits per heavy atom. The van der Waals surface area contributed by atoms with Crippen LogP contribution in [0.3, 0.4) is 0 Å². The molecule has 0 atom stereocenters. The molecule has 0 unspecified atom stereocenters. The second-order valence-corrected chi connectivity index (χ2v) is 14.0. The Morgan fingerprint density at radius 2 is 0.909 bits per heavy atom. The summed E-state index contributed by atoms with van der Waals surface area (Å²) in [6, 6.07) is 65.9. The van der Waals surface area contributed by atoms with E-state index in [4.69, 9.17) is 0 Å². The molecule has 0 amide bonds. The fourth-order valence-corrected chi connectivity index (χ4v) is 8.78. The quantitative estimate of drug-likeness (QED) is 0.184. The highest BCUT2D eigenvalue weighted by Crippen LogP contribution is 2.41. The van der Waals surface area contributed by atoms with Crippen molar-refractivity contribution >= 4 is 65.4 Å². The molecule has 0 aliphatic carbocycles. The molecule has 3 aromatic heterocycles. The van der Waals surface area contributed by atoms with Crippen molar-refractivity contribution in [1.82, 2.24) is 13.7 Å². The Hall–Kier alpha value is -7.86. The molecule has 0 bridgehead atoms. The molecule has 11 aromatic rings. The van der Waals surface area contributed by atoms with E-state index in [0.717, 1.165) is 72.1 Å². The van der Waals surface area contributed by atoms with Gasteiger partial charge >= 0.3 is 0 Å². The van der Waals surface area contributed by atoms with Crippen molar-refractivity contribution in [1.29, 1.82) is 10.5 Å². The van der Waals surface area contributed by atoms with Crippen molar-refractivity contribution in [2.75, 3.05) is 0 Å². The second-order valence-electron chi connectivity index (χ2n) is 14.0. The first-order chi connectivity index (χ1) is 27.2. The van der Waals surface area contributed by atoms with Crippen molar-refractivity contribution in [3.63, 3.8) is 0 Å². The Balaban J connectivity index is 1.13. The minimum Gasteiger partial charge on any atom is -0.309 e. The van der Waals surface area contributed by atoms with Crippen molar-refractivity contribution in [2.45, 2.75) is 0 Å². The van der Waals surface area contributed by atoms with Crippen LogP contribution in [0.5, 0.6) is 0 Å². The monoisotopic (exact) mass is 699 g/mol. The van der Waals surface area contributed by atoms with Gasteiger partial charge in [-0.25, -0.2) is 0 Å². The predicted octanol–water partition coefficient (Wildman–Crippen LogP) is 12.4. The van der Waals surface area contributed by atoms with Gasteiger partial charge in [0.15, 0.2) is 0 Å². The molecule has 0 N–H and O–H groups in total. The molecule has 8 aromatic carbocycles. The van der Waals surface area contributed by atoms with Crippen molar-refractivity contribution in [3.8, 4) is 40.3 Å². The number of nitriles is 2. The van der Waals surface area contributed by atoms with Crippen LogP contribution < -0.4 is 0 Å². The summed E-state index contributed by atoms with van der Waals surface area (Å²) in [4.78, 5) is 0. The van der Waals surface area contributed by atoms with E-state index in [9.17, 15) is 10.5 Å². The number of rotatable bonds is 4. The number of para-hydroxylation sites is 5. The first kappa shape index (κ1) is 30.7. The van der Waals surface area contributed by atoms with Gasteiger partial charge in [0.05, 0.1) is 62.1 Å². The molecule has 0 aliphatic heterocycles. The van der Waals surface area contributed by atoms with Gasteiger partial charge in [-0.15, -0.1) is 0 Å². The van der Waals surface area contributed by atoms with E-state index in [2.05, 4.69) is 165 Å². The maximum atomic E-state index is 10.7. The van der Waals surface area contributed by atoms with Crippen molar-refractivity contribution in [3.05, 3.63) is 187 Å². The number of benzene rings is 8. The summed E-state index contributed by atoms with van der Waals surface area (Å²) in [5.41, 5.74) is 12.5. The average Bonchev–Trinajstić information content (AvgIpc) is 3.89. The van der Waals surface area contributed by atoms with Gasteiger partial charge in [-0.3, -0.25) is 0 Å². The van der Waals surface area contributed by atoms with Crippen LogP contribution in [0, 0.1) is 22.7 Å². The lowest BCUT2D eigenvalue weighted by molar-refractivity contribution is 1.13. The highest BCUT2D eigenvalue weighted by atomic mass is 15.1. The lowest BCUT2D eigenvalue weighted by atomic mass is 9.99. The second kappa shape index (κ2) is 11.8. The fraction of sp³-hybridized carbons (Fsp3) is 0. The zero-order chi connectivity index (χ0) is 36.6. The van der Waals surface area contributed by atoms with E-state index >= 15 is 0 Å². The van der Waals surface area contributed by atoms with Gasteiger partial charge in [-0.1, -0.05) is 109 Å². The Bertz CT molecular complexity index is 3420. The molecule has 55 heavy (non-hydrogen) atoms. The molecule has 254 valence electrons. The van der Waals surface area contributed by atoms with E-state index in [0.29, 0.717) is 11.1 Å². The molecule has 11 rings (SSSR count). The highest BCUT2D eigenvalue weighted by molar-refractivity contribution is 6.15. The van der Waals surface area contributed by atoms with Gasteiger partial charge in [0.2, 0.25) is 0 Å². The number of aromatic nitrogens is 3. The average molecular weight is 700 g/mol. The molecule has 5 nitrogen and oxygen atoms in total. The zero-order valence-electron chi connectivity index (χ0n) is 29.5. The summed E-state index contributed by atoms with van der Waals surface area (Å²) in [5.74, 6) is 0. The van der Waals surface area contributed by atoms with Crippen molar-refractivity contribution < 1.29 is 0 Å². The zero-order valence-corrected chi connectivity index (χ0v) is 29.5. The summed E-state index contributed by atoms with van der Waals surface area (Å²) < 4.78 is 6.92. The number of hydrogen-bond acceptors (Lipinski definition) is 2. The number of nitrogens with zero attached hydrogens (tertiary/aromatic N) is 5. The van der Waals surface area contributed by atoms with Gasteiger partial charge in [0.25, 0.3) is 0 Å². The largest absolute Gasteiger partial charge is 0.309 e. The molecular weight excluding hydrogens is 671 g/mol. The molecule has 3 heterocycles. The molecule has 0 aliphatic rings. The topological polar surface area (TPSA) is 62.4 Å². The molecule has 0 spiro atoms. The van der Waals surface area contributed by atoms with E-state index in [1.54, 1.807) is 0 Å². The van der Waals surface area contributed by atoms with Crippen LogP contribution in [0.25, 0.3) is 93.6 Å². The third-order valence-electron chi connectivity index (χ3n) is 11.1. The van der Waals surface area contributed by atoms with Gasteiger partial charge in [0, 0.05) is 43.7 Å². The van der Waals surface area contributed by atoms with Crippen LogP contribution in [-0.4, -0.2) is 13.7 Å². The predicted molar refractivity (Wildman–Crippen MR) is 224 cm³/mol. The fourth-order valence-electron chi connectivity index (χ4n) is 8.78. The molecular formula is C50H29N5. The summed E-state index contributed by atoms with van der Waals surface area (Å²) in [6.45, 7) is 0. The number of hydrogen-bond donors (Lipinski definition) is 0. The Morgan fingerprint density at radius 3 is 1.56 bits per heavy atom. The first-order valence-electron chi connectivity index (χ1n) is 18.3. The first-order valence-corrected chi connectivity index (χ1v) is 18.3. The Kier molecular flexibility index (Phi) is 6.61. The van der Waals surface area contributed by atoms with Gasteiger partial charge < -0.3 is 13.7 Å². The van der Waals surface area contributed by atoms with Gasteiger partial charge in [0.1, 0.15) is 0 Å². The van der Waals surface area contributed by atoms with Gasteiger partial charge in [-0.05, 0) is 77.9 Å². The molecule has 0 saturated carbocycles. The highest BCUT2D eigenvalue weighted by Gasteiger charge is 2.21. The van der Waals surface area contributed by atoms with E-state index in [1.807, 2.05) is 36.4 Å².